The molecule has 0 spiro atoms. The van der Waals surface area contributed by atoms with Gasteiger partial charge in [0.2, 0.25) is 11.8 Å². The van der Waals surface area contributed by atoms with Gasteiger partial charge in [0.1, 0.15) is 6.54 Å². The number of hydrogen-bond donors (Lipinski definition) is 3. The fourth-order valence-electron chi connectivity index (χ4n) is 2.09. The number of piperidine rings is 1. The maximum Gasteiger partial charge on any atom is 0.241 e. The number of amides is 2. The molecule has 116 valence electrons. The first-order valence-electron chi connectivity index (χ1n) is 7.02. The van der Waals surface area contributed by atoms with Crippen molar-refractivity contribution in [2.45, 2.75) is 24.6 Å². The first-order valence-corrected chi connectivity index (χ1v) is 8.07. The van der Waals surface area contributed by atoms with Gasteiger partial charge in [-0.15, -0.1) is 11.8 Å². The number of thioether (sulfide) groups is 1. The van der Waals surface area contributed by atoms with E-state index in [2.05, 4.69) is 21.0 Å². The third-order valence-electron chi connectivity index (χ3n) is 3.24. The number of rotatable bonds is 6. The van der Waals surface area contributed by atoms with E-state index in [1.54, 1.807) is 31.2 Å². The molecule has 1 aromatic heterocycles. The molecule has 0 unspecified atom stereocenters. The summed E-state index contributed by atoms with van der Waals surface area (Å²) in [4.78, 5) is 23.1. The third kappa shape index (κ3) is 5.39. The summed E-state index contributed by atoms with van der Waals surface area (Å²) in [6.07, 6.45) is 5.43. The number of anilines is 1. The second kappa shape index (κ2) is 8.04. The number of hydrogen-bond acceptors (Lipinski definition) is 5. The van der Waals surface area contributed by atoms with Gasteiger partial charge in [0, 0.05) is 18.5 Å². The van der Waals surface area contributed by atoms with Gasteiger partial charge >= 0.3 is 0 Å². The van der Waals surface area contributed by atoms with Crippen LogP contribution >= 0.6 is 11.8 Å². The largest absolute Gasteiger partial charge is 0.358 e. The van der Waals surface area contributed by atoms with Gasteiger partial charge in [-0.3, -0.25) is 14.3 Å². The summed E-state index contributed by atoms with van der Waals surface area (Å²) in [5, 5.41) is 13.2. The zero-order chi connectivity index (χ0) is 15.1. The second-order valence-electron chi connectivity index (χ2n) is 4.91. The zero-order valence-electron chi connectivity index (χ0n) is 12.1. The Hall–Kier alpha value is -1.54. The molecule has 1 aliphatic heterocycles. The molecule has 1 saturated heterocycles. The van der Waals surface area contributed by atoms with Crippen LogP contribution in [0.5, 0.6) is 0 Å². The summed E-state index contributed by atoms with van der Waals surface area (Å²) in [6, 6.07) is 0. The van der Waals surface area contributed by atoms with E-state index < -0.39 is 0 Å². The van der Waals surface area contributed by atoms with Gasteiger partial charge in [-0.25, -0.2) is 0 Å². The number of carbonyl (C=O) groups is 2. The van der Waals surface area contributed by atoms with Gasteiger partial charge in [-0.05, 0) is 25.9 Å². The van der Waals surface area contributed by atoms with Crippen LogP contribution < -0.4 is 16.0 Å². The standard InChI is InChI=1S/C13H21N5O2S/c1-14-12(19)8-18-7-10(6-16-18)17-13(20)9-21-11-2-4-15-5-3-11/h6-7,11,15H,2-5,8-9H2,1H3,(H,14,19)(H,17,20). The highest BCUT2D eigenvalue weighted by Gasteiger charge is 2.15. The van der Waals surface area contributed by atoms with Crippen molar-refractivity contribution in [1.82, 2.24) is 20.4 Å². The average Bonchev–Trinajstić information content (AvgIpc) is 2.93. The Morgan fingerprint density at radius 2 is 2.19 bits per heavy atom. The van der Waals surface area contributed by atoms with Crippen LogP contribution in [0.25, 0.3) is 0 Å². The molecular formula is C13H21N5O2S. The minimum absolute atomic E-state index is 0.0296. The summed E-state index contributed by atoms with van der Waals surface area (Å²) in [6.45, 7) is 2.22. The van der Waals surface area contributed by atoms with E-state index in [-0.39, 0.29) is 18.4 Å². The fraction of sp³-hybridized carbons (Fsp3) is 0.615. The SMILES string of the molecule is CNC(=O)Cn1cc(NC(=O)CSC2CCNCC2)cn1. The van der Waals surface area contributed by atoms with Crippen LogP contribution in [-0.2, 0) is 16.1 Å². The van der Waals surface area contributed by atoms with Crippen LogP contribution in [0.4, 0.5) is 5.69 Å². The van der Waals surface area contributed by atoms with Crippen molar-refractivity contribution in [3.05, 3.63) is 12.4 Å². The average molecular weight is 311 g/mol. The van der Waals surface area contributed by atoms with Gasteiger partial charge in [0.25, 0.3) is 0 Å². The number of nitrogens with one attached hydrogen (secondary N) is 3. The van der Waals surface area contributed by atoms with E-state index in [0.29, 0.717) is 16.7 Å². The van der Waals surface area contributed by atoms with Crippen LogP contribution in [0.3, 0.4) is 0 Å². The molecule has 2 amide bonds. The Morgan fingerprint density at radius 1 is 1.43 bits per heavy atom. The summed E-state index contributed by atoms with van der Waals surface area (Å²) in [7, 11) is 1.58. The molecule has 0 bridgehead atoms. The minimum Gasteiger partial charge on any atom is -0.358 e. The van der Waals surface area contributed by atoms with Crippen molar-refractivity contribution >= 4 is 29.3 Å². The molecule has 0 aromatic carbocycles. The molecule has 0 atom stereocenters. The third-order valence-corrected chi connectivity index (χ3v) is 4.61. The number of carbonyl (C=O) groups excluding carboxylic acids is 2. The zero-order valence-corrected chi connectivity index (χ0v) is 12.9. The molecule has 21 heavy (non-hydrogen) atoms. The Balaban J connectivity index is 1.73. The minimum atomic E-state index is -0.127. The van der Waals surface area contributed by atoms with Gasteiger partial charge in [0.05, 0.1) is 17.6 Å². The summed E-state index contributed by atoms with van der Waals surface area (Å²) >= 11 is 1.70. The molecule has 8 heteroatoms. The molecule has 1 aromatic rings. The maximum atomic E-state index is 11.9. The van der Waals surface area contributed by atoms with Crippen LogP contribution in [0.15, 0.2) is 12.4 Å². The van der Waals surface area contributed by atoms with Crippen LogP contribution in [-0.4, -0.2) is 52.7 Å². The van der Waals surface area contributed by atoms with E-state index in [1.165, 1.54) is 4.68 Å². The first kappa shape index (κ1) is 15.8. The van der Waals surface area contributed by atoms with Crippen molar-refractivity contribution in [3.8, 4) is 0 Å². The molecule has 2 heterocycles. The molecule has 3 N–H and O–H groups in total. The summed E-state index contributed by atoms with van der Waals surface area (Å²) in [5.74, 6) is 0.293. The number of likely N-dealkylation sites (N-methyl/N-ethyl adjacent to an activating group) is 1. The molecule has 1 fully saturated rings. The molecular weight excluding hydrogens is 290 g/mol. The van der Waals surface area contributed by atoms with Crippen LogP contribution in [0, 0.1) is 0 Å². The normalized spacial score (nSPS) is 15.7. The lowest BCUT2D eigenvalue weighted by Crippen LogP contribution is -2.30. The van der Waals surface area contributed by atoms with Crippen molar-refractivity contribution < 1.29 is 9.59 Å². The van der Waals surface area contributed by atoms with Gasteiger partial charge in [0.15, 0.2) is 0 Å². The molecule has 0 aliphatic carbocycles. The fourth-order valence-corrected chi connectivity index (χ4v) is 3.12. The molecule has 0 saturated carbocycles. The van der Waals surface area contributed by atoms with Gasteiger partial charge in [-0.2, -0.15) is 5.10 Å². The second-order valence-corrected chi connectivity index (χ2v) is 6.20. The quantitative estimate of drug-likeness (QED) is 0.691. The van der Waals surface area contributed by atoms with E-state index in [1.807, 2.05) is 0 Å². The van der Waals surface area contributed by atoms with Crippen molar-refractivity contribution in [2.24, 2.45) is 0 Å². The number of aromatic nitrogens is 2. The van der Waals surface area contributed by atoms with E-state index in [0.717, 1.165) is 25.9 Å². The first-order chi connectivity index (χ1) is 10.2. The monoisotopic (exact) mass is 311 g/mol. The Morgan fingerprint density at radius 3 is 2.90 bits per heavy atom. The van der Waals surface area contributed by atoms with Gasteiger partial charge < -0.3 is 16.0 Å². The topological polar surface area (TPSA) is 88.0 Å². The lowest BCUT2D eigenvalue weighted by Gasteiger charge is -2.21. The lowest BCUT2D eigenvalue weighted by atomic mass is 10.2. The molecule has 2 rings (SSSR count). The molecule has 7 nitrogen and oxygen atoms in total. The molecule has 1 aliphatic rings. The van der Waals surface area contributed by atoms with Crippen molar-refractivity contribution in [3.63, 3.8) is 0 Å². The highest BCUT2D eigenvalue weighted by atomic mass is 32.2. The summed E-state index contributed by atoms with van der Waals surface area (Å²) < 4.78 is 1.49. The smallest absolute Gasteiger partial charge is 0.241 e. The van der Waals surface area contributed by atoms with Crippen molar-refractivity contribution in [1.29, 1.82) is 0 Å². The lowest BCUT2D eigenvalue weighted by molar-refractivity contribution is -0.121. The van der Waals surface area contributed by atoms with Gasteiger partial charge in [-0.1, -0.05) is 0 Å². The van der Waals surface area contributed by atoms with E-state index >= 15 is 0 Å². The number of nitrogens with zero attached hydrogens (tertiary/aromatic N) is 2. The Kier molecular flexibility index (Phi) is 6.06. The van der Waals surface area contributed by atoms with E-state index in [9.17, 15) is 9.59 Å². The Bertz CT molecular complexity index is 485. The predicted octanol–water partition coefficient (Wildman–Crippen LogP) is 0.0528. The summed E-state index contributed by atoms with van der Waals surface area (Å²) in [5.41, 5.74) is 0.620. The maximum absolute atomic E-state index is 11.9. The highest BCUT2D eigenvalue weighted by Crippen LogP contribution is 2.20. The van der Waals surface area contributed by atoms with Crippen LogP contribution in [0.2, 0.25) is 0 Å². The molecule has 0 radical (unpaired) electrons. The van der Waals surface area contributed by atoms with E-state index in [4.69, 9.17) is 0 Å². The Labute approximate surface area is 128 Å². The predicted molar refractivity (Wildman–Crippen MR) is 83.3 cm³/mol. The van der Waals surface area contributed by atoms with Crippen molar-refractivity contribution in [2.75, 3.05) is 31.2 Å². The highest BCUT2D eigenvalue weighted by molar-refractivity contribution is 8.00. The van der Waals surface area contributed by atoms with Crippen LogP contribution in [0.1, 0.15) is 12.8 Å².